The first-order chi connectivity index (χ1) is 15.1. The fraction of sp³-hybridized carbons (Fsp3) is 0.600. The summed E-state index contributed by atoms with van der Waals surface area (Å²) in [6, 6.07) is 2.84. The molecule has 1 aromatic carbocycles. The molecule has 4 aliphatic rings. The second kappa shape index (κ2) is 7.92. The standard InChI is InChI=1S/C25H29Cl3N2O2/c1-24-7-3-4-17(24)16-13-30(23(32)29-22-19(27)10-14(26)11-20(22)28)21-12-15(31)5-9-25(21,2)18(16)6-8-24/h10-12,16-18H,3-9,13H2,1-2H3,(H,29,32)/t16-,17-,18-,24-,25+/m0/s1. The van der Waals surface area contributed by atoms with Crippen LogP contribution < -0.4 is 5.32 Å². The molecule has 3 aliphatic carbocycles. The first kappa shape index (κ1) is 22.6. The molecule has 0 aromatic heterocycles. The summed E-state index contributed by atoms with van der Waals surface area (Å²) in [5, 5.41) is 3.92. The summed E-state index contributed by atoms with van der Waals surface area (Å²) in [7, 11) is 0. The Bertz CT molecular complexity index is 1000. The van der Waals surface area contributed by atoms with Gasteiger partial charge in [-0.05, 0) is 67.4 Å². The molecule has 2 amide bonds. The molecule has 3 fully saturated rings. The molecule has 32 heavy (non-hydrogen) atoms. The molecule has 0 spiro atoms. The lowest BCUT2D eigenvalue weighted by Crippen LogP contribution is -2.59. The maximum absolute atomic E-state index is 13.6. The fourth-order valence-electron chi connectivity index (χ4n) is 7.33. The van der Waals surface area contributed by atoms with Crippen LogP contribution >= 0.6 is 34.8 Å². The maximum atomic E-state index is 13.6. The van der Waals surface area contributed by atoms with Gasteiger partial charge in [-0.25, -0.2) is 4.79 Å². The number of piperidine rings is 1. The molecule has 1 saturated heterocycles. The number of allylic oxidation sites excluding steroid dienone is 2. The number of hydrogen-bond acceptors (Lipinski definition) is 2. The van der Waals surface area contributed by atoms with E-state index in [1.807, 2.05) is 4.90 Å². The number of carbonyl (C=O) groups is 2. The monoisotopic (exact) mass is 494 g/mol. The van der Waals surface area contributed by atoms with Gasteiger partial charge in [0.25, 0.3) is 0 Å². The van der Waals surface area contributed by atoms with Crippen LogP contribution in [0.4, 0.5) is 10.5 Å². The minimum Gasteiger partial charge on any atom is -0.305 e. The smallest absolute Gasteiger partial charge is 0.305 e. The van der Waals surface area contributed by atoms with E-state index in [4.69, 9.17) is 34.8 Å². The zero-order valence-electron chi connectivity index (χ0n) is 18.5. The van der Waals surface area contributed by atoms with Crippen molar-refractivity contribution in [2.45, 2.75) is 58.8 Å². The van der Waals surface area contributed by atoms with E-state index in [2.05, 4.69) is 19.2 Å². The number of nitrogens with zero attached hydrogens (tertiary/aromatic N) is 1. The van der Waals surface area contributed by atoms with Crippen LogP contribution in [0.3, 0.4) is 0 Å². The molecule has 4 nitrogen and oxygen atoms in total. The summed E-state index contributed by atoms with van der Waals surface area (Å²) in [6.45, 7) is 5.34. The van der Waals surface area contributed by atoms with Gasteiger partial charge in [0.1, 0.15) is 0 Å². The molecule has 0 radical (unpaired) electrons. The van der Waals surface area contributed by atoms with Gasteiger partial charge in [0.2, 0.25) is 0 Å². The number of nitrogens with one attached hydrogen (secondary N) is 1. The van der Waals surface area contributed by atoms with Crippen molar-refractivity contribution in [3.05, 3.63) is 39.0 Å². The first-order valence-electron chi connectivity index (χ1n) is 11.6. The van der Waals surface area contributed by atoms with Crippen molar-refractivity contribution < 1.29 is 9.59 Å². The van der Waals surface area contributed by atoms with Crippen LogP contribution in [-0.4, -0.2) is 23.3 Å². The van der Waals surface area contributed by atoms with E-state index in [1.165, 1.54) is 32.1 Å². The minimum atomic E-state index is -0.285. The van der Waals surface area contributed by atoms with Gasteiger partial charge >= 0.3 is 6.03 Å². The molecule has 0 unspecified atom stereocenters. The zero-order chi connectivity index (χ0) is 22.8. The second-order valence-corrected chi connectivity index (χ2v) is 11.9. The Labute approximate surface area is 204 Å². The van der Waals surface area contributed by atoms with Crippen LogP contribution in [0.15, 0.2) is 23.9 Å². The van der Waals surface area contributed by atoms with Gasteiger partial charge in [-0.3, -0.25) is 9.69 Å². The summed E-state index contributed by atoms with van der Waals surface area (Å²) in [6.07, 6.45) is 9.26. The lowest BCUT2D eigenvalue weighted by atomic mass is 9.50. The number of ketones is 1. The molecule has 172 valence electrons. The van der Waals surface area contributed by atoms with Crippen LogP contribution in [0.25, 0.3) is 0 Å². The number of hydrogen-bond donors (Lipinski definition) is 1. The van der Waals surface area contributed by atoms with Crippen molar-refractivity contribution >= 4 is 52.3 Å². The van der Waals surface area contributed by atoms with Crippen molar-refractivity contribution in [3.8, 4) is 0 Å². The predicted molar refractivity (Wildman–Crippen MR) is 129 cm³/mol. The van der Waals surface area contributed by atoms with Crippen molar-refractivity contribution in [1.82, 2.24) is 4.90 Å². The third-order valence-electron chi connectivity index (χ3n) is 8.98. The topological polar surface area (TPSA) is 49.4 Å². The normalized spacial score (nSPS) is 36.2. The molecule has 1 heterocycles. The third kappa shape index (κ3) is 3.49. The lowest BCUT2D eigenvalue weighted by Gasteiger charge is -2.59. The number of benzene rings is 1. The second-order valence-electron chi connectivity index (χ2n) is 10.7. The van der Waals surface area contributed by atoms with Crippen LogP contribution in [0, 0.1) is 28.6 Å². The Balaban J connectivity index is 1.52. The average molecular weight is 496 g/mol. The Morgan fingerprint density at radius 3 is 2.50 bits per heavy atom. The van der Waals surface area contributed by atoms with Crippen LogP contribution in [0.2, 0.25) is 15.1 Å². The molecule has 1 N–H and O–H groups in total. The minimum absolute atomic E-state index is 0.0952. The lowest BCUT2D eigenvalue weighted by molar-refractivity contribution is -0.118. The third-order valence-corrected chi connectivity index (χ3v) is 9.79. The van der Waals surface area contributed by atoms with Crippen molar-refractivity contribution in [3.63, 3.8) is 0 Å². The zero-order valence-corrected chi connectivity index (χ0v) is 20.8. The number of urea groups is 1. The summed E-state index contributed by atoms with van der Waals surface area (Å²) >= 11 is 18.7. The number of halogens is 3. The van der Waals surface area contributed by atoms with E-state index in [-0.39, 0.29) is 17.2 Å². The Kier molecular flexibility index (Phi) is 5.58. The van der Waals surface area contributed by atoms with Crippen LogP contribution in [-0.2, 0) is 4.79 Å². The van der Waals surface area contributed by atoms with Crippen LogP contribution in [0.1, 0.15) is 58.8 Å². The van der Waals surface area contributed by atoms with Gasteiger partial charge in [0.15, 0.2) is 5.78 Å². The molecule has 1 aromatic rings. The van der Waals surface area contributed by atoms with E-state index < -0.39 is 0 Å². The Morgan fingerprint density at radius 2 is 1.78 bits per heavy atom. The van der Waals surface area contributed by atoms with Crippen molar-refractivity contribution in [2.24, 2.45) is 28.6 Å². The molecule has 7 heteroatoms. The van der Waals surface area contributed by atoms with E-state index in [9.17, 15) is 9.59 Å². The summed E-state index contributed by atoms with van der Waals surface area (Å²) in [5.41, 5.74) is 1.40. The molecule has 2 saturated carbocycles. The average Bonchev–Trinajstić information content (AvgIpc) is 3.12. The SMILES string of the molecule is C[C@@]12CCC[C@H]1[C@@H]1CN(C(=O)Nc3c(Cl)cc(Cl)cc3Cl)C3=CC(=O)CC[C@]3(C)[C@H]1CC2. The van der Waals surface area contributed by atoms with Gasteiger partial charge in [-0.2, -0.15) is 0 Å². The first-order valence-corrected chi connectivity index (χ1v) is 12.7. The van der Waals surface area contributed by atoms with Gasteiger partial charge in [0, 0.05) is 35.2 Å². The number of carbonyl (C=O) groups excluding carboxylic acids is 2. The highest BCUT2D eigenvalue weighted by Gasteiger charge is 2.58. The van der Waals surface area contributed by atoms with Gasteiger partial charge in [0.05, 0.1) is 15.7 Å². The number of likely N-dealkylation sites (tertiary alicyclic amines) is 1. The molecular formula is C25H29Cl3N2O2. The van der Waals surface area contributed by atoms with Gasteiger partial charge in [-0.1, -0.05) is 55.1 Å². The molecule has 1 aliphatic heterocycles. The number of fused-ring (bicyclic) bond motifs is 5. The van der Waals surface area contributed by atoms with E-state index in [0.29, 0.717) is 56.9 Å². The molecule has 0 bridgehead atoms. The summed E-state index contributed by atoms with van der Waals surface area (Å²) in [5.74, 6) is 1.66. The van der Waals surface area contributed by atoms with E-state index >= 15 is 0 Å². The van der Waals surface area contributed by atoms with Crippen LogP contribution in [0.5, 0.6) is 0 Å². The Hall–Kier alpha value is -1.23. The quantitative estimate of drug-likeness (QED) is 0.436. The number of rotatable bonds is 1. The highest BCUT2D eigenvalue weighted by Crippen LogP contribution is 2.64. The Morgan fingerprint density at radius 1 is 1.06 bits per heavy atom. The van der Waals surface area contributed by atoms with E-state index in [1.54, 1.807) is 18.2 Å². The fourth-order valence-corrected chi connectivity index (χ4v) is 8.24. The van der Waals surface area contributed by atoms with Crippen molar-refractivity contribution in [2.75, 3.05) is 11.9 Å². The summed E-state index contributed by atoms with van der Waals surface area (Å²) < 4.78 is 0. The number of amides is 2. The van der Waals surface area contributed by atoms with E-state index in [0.717, 1.165) is 12.1 Å². The molecule has 5 rings (SSSR count). The van der Waals surface area contributed by atoms with Gasteiger partial charge < -0.3 is 5.32 Å². The predicted octanol–water partition coefficient (Wildman–Crippen LogP) is 7.58. The largest absolute Gasteiger partial charge is 0.326 e. The highest BCUT2D eigenvalue weighted by molar-refractivity contribution is 6.42. The highest BCUT2D eigenvalue weighted by atomic mass is 35.5. The molecular weight excluding hydrogens is 467 g/mol. The van der Waals surface area contributed by atoms with Gasteiger partial charge in [-0.15, -0.1) is 0 Å². The number of anilines is 1. The summed E-state index contributed by atoms with van der Waals surface area (Å²) in [4.78, 5) is 27.9. The molecule has 5 atom stereocenters. The maximum Gasteiger partial charge on any atom is 0.326 e. The van der Waals surface area contributed by atoms with Crippen molar-refractivity contribution in [1.29, 1.82) is 0 Å².